The molecule has 1 heterocycles. The second-order valence-corrected chi connectivity index (χ2v) is 8.39. The van der Waals surface area contributed by atoms with Gasteiger partial charge in [0.05, 0.1) is 18.5 Å². The molecule has 0 amide bonds. The summed E-state index contributed by atoms with van der Waals surface area (Å²) in [5.74, 6) is 0.759. The zero-order valence-corrected chi connectivity index (χ0v) is 17.4. The number of rotatable bonds is 8. The fraction of sp³-hybridized carbons (Fsp3) is 0.333. The maximum absolute atomic E-state index is 5.92. The van der Waals surface area contributed by atoms with E-state index in [1.165, 1.54) is 37.7 Å². The van der Waals surface area contributed by atoms with Crippen LogP contribution in [0.1, 0.15) is 43.2 Å². The molecule has 1 aliphatic rings. The highest BCUT2D eigenvalue weighted by Crippen LogP contribution is 2.25. The number of hydrazone groups is 1. The molecule has 1 N–H and O–H groups in total. The molecule has 1 aliphatic carbocycles. The van der Waals surface area contributed by atoms with Crippen LogP contribution < -0.4 is 5.43 Å². The second kappa shape index (κ2) is 10.3. The molecule has 150 valence electrons. The molecule has 1 aromatic heterocycles. The summed E-state index contributed by atoms with van der Waals surface area (Å²) in [5, 5.41) is 7.14. The molecule has 0 atom stereocenters. The van der Waals surface area contributed by atoms with Crippen LogP contribution in [0.5, 0.6) is 0 Å². The third-order valence-electron chi connectivity index (χ3n) is 5.27. The fourth-order valence-corrected chi connectivity index (χ4v) is 4.29. The van der Waals surface area contributed by atoms with Crippen molar-refractivity contribution in [3.63, 3.8) is 0 Å². The highest BCUT2D eigenvalue weighted by molar-refractivity contribution is 7.14. The van der Waals surface area contributed by atoms with Gasteiger partial charge < -0.3 is 4.74 Å². The normalized spacial score (nSPS) is 15.0. The topological polar surface area (TPSA) is 46.5 Å². The molecule has 0 unspecified atom stereocenters. The Hall–Kier alpha value is -2.50. The summed E-state index contributed by atoms with van der Waals surface area (Å²) in [6.45, 7) is 1.58. The first-order valence-electron chi connectivity index (χ1n) is 10.3. The molecule has 0 spiro atoms. The van der Waals surface area contributed by atoms with Crippen LogP contribution in [-0.4, -0.2) is 17.8 Å². The van der Waals surface area contributed by atoms with Crippen molar-refractivity contribution in [2.24, 2.45) is 11.0 Å². The van der Waals surface area contributed by atoms with E-state index in [0.717, 1.165) is 34.5 Å². The third-order valence-corrected chi connectivity index (χ3v) is 6.02. The summed E-state index contributed by atoms with van der Waals surface area (Å²) < 4.78 is 5.92. The quantitative estimate of drug-likeness (QED) is 0.351. The molecule has 3 aromatic rings. The Morgan fingerprint density at radius 1 is 1.03 bits per heavy atom. The first-order valence-corrected chi connectivity index (χ1v) is 11.2. The predicted molar refractivity (Wildman–Crippen MR) is 121 cm³/mol. The standard InChI is InChI=1S/C24H27N3OS/c1-3-7-20(8-4-1)16-28-17-21-13-11-19(12-14-21)15-25-27-24-26-23(18-29-24)22-9-5-2-6-10-22/h2,5-6,9-15,18,20H,1,3-4,7-8,16-17H2,(H,26,27). The van der Waals surface area contributed by atoms with E-state index in [1.807, 2.05) is 29.8 Å². The van der Waals surface area contributed by atoms with Gasteiger partial charge in [0.25, 0.3) is 0 Å². The van der Waals surface area contributed by atoms with Crippen LogP contribution in [0.15, 0.2) is 65.1 Å². The zero-order chi connectivity index (χ0) is 19.7. The van der Waals surface area contributed by atoms with Gasteiger partial charge in [-0.2, -0.15) is 5.10 Å². The van der Waals surface area contributed by atoms with E-state index in [9.17, 15) is 0 Å². The van der Waals surface area contributed by atoms with Gasteiger partial charge in [0, 0.05) is 17.6 Å². The maximum atomic E-state index is 5.92. The largest absolute Gasteiger partial charge is 0.376 e. The van der Waals surface area contributed by atoms with Crippen molar-refractivity contribution in [3.05, 3.63) is 71.1 Å². The van der Waals surface area contributed by atoms with Gasteiger partial charge in [-0.05, 0) is 29.9 Å². The van der Waals surface area contributed by atoms with Gasteiger partial charge in [-0.15, -0.1) is 11.3 Å². The molecule has 4 rings (SSSR count). The van der Waals surface area contributed by atoms with Crippen LogP contribution in [0.2, 0.25) is 0 Å². The average molecular weight is 406 g/mol. The van der Waals surface area contributed by atoms with Gasteiger partial charge in [-0.1, -0.05) is 73.9 Å². The van der Waals surface area contributed by atoms with Crippen molar-refractivity contribution in [1.29, 1.82) is 0 Å². The van der Waals surface area contributed by atoms with Crippen molar-refractivity contribution in [2.45, 2.75) is 38.7 Å². The van der Waals surface area contributed by atoms with Gasteiger partial charge in [0.2, 0.25) is 5.13 Å². The molecule has 2 aromatic carbocycles. The Labute approximate surface area is 176 Å². The zero-order valence-electron chi connectivity index (χ0n) is 16.6. The van der Waals surface area contributed by atoms with Gasteiger partial charge in [-0.3, -0.25) is 5.43 Å². The lowest BCUT2D eigenvalue weighted by atomic mass is 9.90. The van der Waals surface area contributed by atoms with Crippen molar-refractivity contribution in [2.75, 3.05) is 12.0 Å². The van der Waals surface area contributed by atoms with Crippen molar-refractivity contribution in [3.8, 4) is 11.3 Å². The van der Waals surface area contributed by atoms with Gasteiger partial charge in [-0.25, -0.2) is 4.98 Å². The molecular weight excluding hydrogens is 378 g/mol. The second-order valence-electron chi connectivity index (χ2n) is 7.53. The van der Waals surface area contributed by atoms with E-state index < -0.39 is 0 Å². The maximum Gasteiger partial charge on any atom is 0.203 e. The highest BCUT2D eigenvalue weighted by Gasteiger charge is 2.13. The van der Waals surface area contributed by atoms with E-state index in [0.29, 0.717) is 6.61 Å². The van der Waals surface area contributed by atoms with Crippen LogP contribution in [-0.2, 0) is 11.3 Å². The molecule has 4 nitrogen and oxygen atoms in total. The van der Waals surface area contributed by atoms with E-state index >= 15 is 0 Å². The lowest BCUT2D eigenvalue weighted by molar-refractivity contribution is 0.0739. The number of anilines is 1. The number of hydrogen-bond donors (Lipinski definition) is 1. The van der Waals surface area contributed by atoms with Crippen LogP contribution in [0.25, 0.3) is 11.3 Å². The summed E-state index contributed by atoms with van der Waals surface area (Å²) in [7, 11) is 0. The Kier molecular flexibility index (Phi) is 7.05. The lowest BCUT2D eigenvalue weighted by Crippen LogP contribution is -2.13. The van der Waals surface area contributed by atoms with Crippen LogP contribution >= 0.6 is 11.3 Å². The lowest BCUT2D eigenvalue weighted by Gasteiger charge is -2.21. The monoisotopic (exact) mass is 405 g/mol. The Morgan fingerprint density at radius 2 is 1.83 bits per heavy atom. The number of benzene rings is 2. The molecular formula is C24H27N3OS. The Balaban J connectivity index is 1.23. The Morgan fingerprint density at radius 3 is 2.62 bits per heavy atom. The number of aromatic nitrogens is 1. The minimum atomic E-state index is 0.688. The molecule has 0 radical (unpaired) electrons. The Bertz CT molecular complexity index is 899. The molecule has 1 fully saturated rings. The molecule has 0 aliphatic heterocycles. The smallest absolute Gasteiger partial charge is 0.203 e. The number of thiazole rings is 1. The number of hydrogen-bond acceptors (Lipinski definition) is 5. The molecule has 0 bridgehead atoms. The first kappa shape index (κ1) is 19.8. The first-order chi connectivity index (χ1) is 14.4. The van der Waals surface area contributed by atoms with E-state index in [4.69, 9.17) is 4.74 Å². The summed E-state index contributed by atoms with van der Waals surface area (Å²) in [4.78, 5) is 4.58. The van der Waals surface area contributed by atoms with Gasteiger partial charge >= 0.3 is 0 Å². The van der Waals surface area contributed by atoms with Crippen molar-refractivity contribution < 1.29 is 4.74 Å². The van der Waals surface area contributed by atoms with E-state index in [2.05, 4.69) is 51.9 Å². The fourth-order valence-electron chi connectivity index (χ4n) is 3.63. The predicted octanol–water partition coefficient (Wildman–Crippen LogP) is 6.35. The SMILES string of the molecule is C(=NNc1nc(-c2ccccc2)cs1)c1ccc(COCC2CCCCC2)cc1. The highest BCUT2D eigenvalue weighted by atomic mass is 32.1. The summed E-state index contributed by atoms with van der Waals surface area (Å²) in [6.07, 6.45) is 8.60. The summed E-state index contributed by atoms with van der Waals surface area (Å²) >= 11 is 1.55. The van der Waals surface area contributed by atoms with Crippen LogP contribution in [0, 0.1) is 5.92 Å². The minimum Gasteiger partial charge on any atom is -0.376 e. The van der Waals surface area contributed by atoms with E-state index in [-0.39, 0.29) is 0 Å². The van der Waals surface area contributed by atoms with Crippen molar-refractivity contribution in [1.82, 2.24) is 4.98 Å². The number of nitrogens with zero attached hydrogens (tertiary/aromatic N) is 2. The molecule has 5 heteroatoms. The van der Waals surface area contributed by atoms with Gasteiger partial charge in [0.15, 0.2) is 0 Å². The van der Waals surface area contributed by atoms with E-state index in [1.54, 1.807) is 11.3 Å². The van der Waals surface area contributed by atoms with Gasteiger partial charge in [0.1, 0.15) is 0 Å². The average Bonchev–Trinajstić information content (AvgIpc) is 3.25. The number of ether oxygens (including phenoxy) is 1. The van der Waals surface area contributed by atoms with Crippen molar-refractivity contribution >= 4 is 22.7 Å². The third kappa shape index (κ3) is 5.99. The summed E-state index contributed by atoms with van der Waals surface area (Å²) in [5.41, 5.74) is 7.35. The van der Waals surface area contributed by atoms with Crippen LogP contribution in [0.4, 0.5) is 5.13 Å². The van der Waals surface area contributed by atoms with Crippen LogP contribution in [0.3, 0.4) is 0 Å². The number of nitrogens with one attached hydrogen (secondary N) is 1. The molecule has 1 saturated carbocycles. The molecule has 29 heavy (non-hydrogen) atoms. The summed E-state index contributed by atoms with van der Waals surface area (Å²) in [6, 6.07) is 18.5. The molecule has 0 saturated heterocycles. The minimum absolute atomic E-state index is 0.688.